The van der Waals surface area contributed by atoms with Crippen LogP contribution in [-0.2, 0) is 22.7 Å². The molecule has 1 heterocycles. The predicted octanol–water partition coefficient (Wildman–Crippen LogP) is 5.23. The van der Waals surface area contributed by atoms with Gasteiger partial charge in [0.2, 0.25) is 11.8 Å². The molecule has 8 heteroatoms. The summed E-state index contributed by atoms with van der Waals surface area (Å²) in [5.74, 6) is 0.101. The van der Waals surface area contributed by atoms with Crippen molar-refractivity contribution >= 4 is 28.5 Å². The zero-order valence-corrected chi connectivity index (χ0v) is 22.5. The number of carbonyl (C=O) groups excluding carboxylic acids is 2. The fourth-order valence-corrected chi connectivity index (χ4v) is 4.70. The van der Waals surface area contributed by atoms with Crippen molar-refractivity contribution in [3.8, 4) is 5.75 Å². The molecule has 0 radical (unpaired) electrons. The summed E-state index contributed by atoms with van der Waals surface area (Å²) in [5.41, 5.74) is 4.57. The van der Waals surface area contributed by atoms with Gasteiger partial charge in [-0.05, 0) is 60.9 Å². The van der Waals surface area contributed by atoms with Crippen molar-refractivity contribution in [2.45, 2.75) is 33.0 Å². The highest BCUT2D eigenvalue weighted by atomic mass is 16.5. The zero-order valence-electron chi connectivity index (χ0n) is 22.5. The Bertz CT molecular complexity index is 1600. The Balaban J connectivity index is 1.56. The molecule has 5 rings (SSSR count). The van der Waals surface area contributed by atoms with E-state index in [2.05, 4.69) is 15.6 Å². The maximum atomic E-state index is 14.2. The van der Waals surface area contributed by atoms with E-state index in [0.717, 1.165) is 16.6 Å². The highest BCUT2D eigenvalue weighted by molar-refractivity contribution is 6.02. The second-order valence-electron chi connectivity index (χ2n) is 9.39. The number of carbonyl (C=O) groups is 2. The number of nitrogens with one attached hydrogen (secondary N) is 1. The van der Waals surface area contributed by atoms with Gasteiger partial charge in [0.05, 0.1) is 12.1 Å². The van der Waals surface area contributed by atoms with Crippen molar-refractivity contribution in [1.29, 1.82) is 0 Å². The minimum Gasteiger partial charge on any atom is -0.494 e. The minimum absolute atomic E-state index is 0.0889. The maximum Gasteiger partial charge on any atom is 0.249 e. The van der Waals surface area contributed by atoms with Crippen LogP contribution < -0.4 is 15.0 Å². The van der Waals surface area contributed by atoms with Crippen LogP contribution >= 0.6 is 0 Å². The number of hydrogen-bond donors (Lipinski definition) is 1. The summed E-state index contributed by atoms with van der Waals surface area (Å²) in [4.78, 5) is 29.8. The lowest BCUT2D eigenvalue weighted by Crippen LogP contribution is -2.45. The third-order valence-corrected chi connectivity index (χ3v) is 6.67. The molecule has 8 nitrogen and oxygen atoms in total. The Morgan fingerprint density at radius 1 is 0.900 bits per heavy atom. The van der Waals surface area contributed by atoms with Crippen LogP contribution in [0.5, 0.6) is 5.75 Å². The molecule has 0 bridgehead atoms. The first kappa shape index (κ1) is 26.6. The summed E-state index contributed by atoms with van der Waals surface area (Å²) >= 11 is 0. The quantitative estimate of drug-likeness (QED) is 0.266. The van der Waals surface area contributed by atoms with Gasteiger partial charge in [-0.1, -0.05) is 78.0 Å². The van der Waals surface area contributed by atoms with Crippen molar-refractivity contribution in [1.82, 2.24) is 20.3 Å². The smallest absolute Gasteiger partial charge is 0.249 e. The highest BCUT2D eigenvalue weighted by Gasteiger charge is 2.34. The van der Waals surface area contributed by atoms with E-state index in [0.29, 0.717) is 35.7 Å². The molecule has 0 fully saturated rings. The fraction of sp³-hybridized carbons (Fsp3) is 0.188. The van der Waals surface area contributed by atoms with Gasteiger partial charge in [-0.15, -0.1) is 5.10 Å². The fourth-order valence-electron chi connectivity index (χ4n) is 4.70. The van der Waals surface area contributed by atoms with Crippen LogP contribution in [-0.4, -0.2) is 33.4 Å². The molecule has 0 saturated carbocycles. The molecule has 202 valence electrons. The number of nitrogens with zero attached hydrogens (tertiary/aromatic N) is 4. The largest absolute Gasteiger partial charge is 0.494 e. The lowest BCUT2D eigenvalue weighted by Gasteiger charge is -2.32. The van der Waals surface area contributed by atoms with Crippen LogP contribution in [0.15, 0.2) is 103 Å². The van der Waals surface area contributed by atoms with Crippen molar-refractivity contribution in [3.05, 3.63) is 120 Å². The van der Waals surface area contributed by atoms with E-state index in [1.807, 2.05) is 117 Å². The first-order chi connectivity index (χ1) is 19.5. The monoisotopic (exact) mass is 533 g/mol. The molecular formula is C32H31N5O3. The number of amides is 2. The third kappa shape index (κ3) is 5.86. The van der Waals surface area contributed by atoms with Crippen LogP contribution in [0.1, 0.15) is 29.7 Å². The van der Waals surface area contributed by atoms with Crippen LogP contribution in [0.3, 0.4) is 0 Å². The van der Waals surface area contributed by atoms with Gasteiger partial charge < -0.3 is 10.1 Å². The average molecular weight is 534 g/mol. The van der Waals surface area contributed by atoms with Crippen LogP contribution in [0.25, 0.3) is 11.0 Å². The number of hydrogen-bond acceptors (Lipinski definition) is 5. The van der Waals surface area contributed by atoms with Gasteiger partial charge in [0.15, 0.2) is 0 Å². The van der Waals surface area contributed by atoms with Crippen LogP contribution in [0.4, 0.5) is 5.69 Å². The van der Waals surface area contributed by atoms with Gasteiger partial charge in [-0.2, -0.15) is 0 Å². The maximum absolute atomic E-state index is 14.2. The molecule has 0 aliphatic rings. The van der Waals surface area contributed by atoms with E-state index in [4.69, 9.17) is 4.74 Å². The normalized spacial score (nSPS) is 11.7. The second kappa shape index (κ2) is 12.3. The molecule has 4 aromatic carbocycles. The van der Waals surface area contributed by atoms with Gasteiger partial charge in [-0.25, -0.2) is 4.68 Å². The van der Waals surface area contributed by atoms with Crippen molar-refractivity contribution in [3.63, 3.8) is 0 Å². The highest BCUT2D eigenvalue weighted by Crippen LogP contribution is 2.32. The first-order valence-corrected chi connectivity index (χ1v) is 13.3. The van der Waals surface area contributed by atoms with E-state index in [9.17, 15) is 9.59 Å². The van der Waals surface area contributed by atoms with Gasteiger partial charge in [0.25, 0.3) is 0 Å². The molecule has 1 N–H and O–H groups in total. The minimum atomic E-state index is -0.942. The van der Waals surface area contributed by atoms with Gasteiger partial charge in [0, 0.05) is 12.2 Å². The van der Waals surface area contributed by atoms with Gasteiger partial charge >= 0.3 is 0 Å². The van der Waals surface area contributed by atoms with Crippen LogP contribution in [0.2, 0.25) is 0 Å². The number of anilines is 1. The topological polar surface area (TPSA) is 89.4 Å². The summed E-state index contributed by atoms with van der Waals surface area (Å²) in [6.45, 7) is 4.61. The lowest BCUT2D eigenvalue weighted by molar-refractivity contribution is -0.127. The molecule has 0 unspecified atom stereocenters. The Morgan fingerprint density at radius 3 is 2.35 bits per heavy atom. The number of aryl methyl sites for hydroxylation is 1. The molecule has 5 aromatic rings. The predicted molar refractivity (Wildman–Crippen MR) is 155 cm³/mol. The molecule has 1 aromatic heterocycles. The van der Waals surface area contributed by atoms with Crippen molar-refractivity contribution < 1.29 is 14.3 Å². The number of aromatic nitrogens is 3. The summed E-state index contributed by atoms with van der Waals surface area (Å²) in [5, 5.41) is 11.5. The Hall–Kier alpha value is -4.98. The van der Waals surface area contributed by atoms with E-state index in [1.165, 1.54) is 0 Å². The third-order valence-electron chi connectivity index (χ3n) is 6.67. The van der Waals surface area contributed by atoms with Crippen molar-refractivity contribution in [2.24, 2.45) is 0 Å². The number of para-hydroxylation sites is 2. The Morgan fingerprint density at radius 2 is 1.60 bits per heavy atom. The number of fused-ring (bicyclic) bond motifs is 1. The SMILES string of the molecule is CCOc1ccc([C@H](C(=O)NCc2ccccc2)N(C(=O)Cn2nnc3ccccc32)c2ccccc2C)cc1. The molecule has 0 spiro atoms. The molecule has 40 heavy (non-hydrogen) atoms. The number of benzene rings is 4. The molecule has 2 amide bonds. The van der Waals surface area contributed by atoms with E-state index in [1.54, 1.807) is 9.58 Å². The second-order valence-corrected chi connectivity index (χ2v) is 9.39. The molecule has 1 atom stereocenters. The Kier molecular flexibility index (Phi) is 8.15. The lowest BCUT2D eigenvalue weighted by atomic mass is 10.0. The molecule has 0 aliphatic heterocycles. The average Bonchev–Trinajstić information content (AvgIpc) is 3.39. The first-order valence-electron chi connectivity index (χ1n) is 13.3. The van der Waals surface area contributed by atoms with Gasteiger partial charge in [0.1, 0.15) is 23.9 Å². The molecule has 0 aliphatic carbocycles. The van der Waals surface area contributed by atoms with Crippen molar-refractivity contribution in [2.75, 3.05) is 11.5 Å². The van der Waals surface area contributed by atoms with E-state index in [-0.39, 0.29) is 18.4 Å². The van der Waals surface area contributed by atoms with E-state index < -0.39 is 6.04 Å². The Labute approximate surface area is 233 Å². The summed E-state index contributed by atoms with van der Waals surface area (Å²) < 4.78 is 7.20. The molecule has 0 saturated heterocycles. The number of ether oxygens (including phenoxy) is 1. The van der Waals surface area contributed by atoms with Crippen LogP contribution in [0, 0.1) is 6.92 Å². The van der Waals surface area contributed by atoms with E-state index >= 15 is 0 Å². The molecular weight excluding hydrogens is 502 g/mol. The number of rotatable bonds is 10. The zero-order chi connectivity index (χ0) is 27.9. The van der Waals surface area contributed by atoms with Gasteiger partial charge in [-0.3, -0.25) is 14.5 Å². The standard InChI is InChI=1S/C32H31N5O3/c1-3-40-26-19-17-25(18-20-26)31(32(39)33-21-24-12-5-4-6-13-24)37(28-15-9-7-11-23(28)2)30(38)22-36-29-16-10-8-14-27(29)34-35-36/h4-20,31H,3,21-22H2,1-2H3,(H,33,39)/t31-/m1/s1. The summed E-state index contributed by atoms with van der Waals surface area (Å²) in [7, 11) is 0. The summed E-state index contributed by atoms with van der Waals surface area (Å²) in [6, 6.07) is 31.1. The summed E-state index contributed by atoms with van der Waals surface area (Å²) in [6.07, 6.45) is 0.